The molecule has 4 nitrogen and oxygen atoms in total. The second-order valence-corrected chi connectivity index (χ2v) is 4.17. The Morgan fingerprint density at radius 3 is 2.53 bits per heavy atom. The molecule has 0 bridgehead atoms. The van der Waals surface area contributed by atoms with E-state index in [0.717, 1.165) is 30.9 Å². The number of hydrogen-bond donors (Lipinski definition) is 2. The first-order valence-corrected chi connectivity index (χ1v) is 5.88. The molecule has 2 N–H and O–H groups in total. The van der Waals surface area contributed by atoms with Gasteiger partial charge in [0.25, 0.3) is 0 Å². The van der Waals surface area contributed by atoms with Crippen molar-refractivity contribution in [3.63, 3.8) is 0 Å². The minimum absolute atomic E-state index is 0.683. The predicted molar refractivity (Wildman–Crippen MR) is 72.0 cm³/mol. The Balaban J connectivity index is 0.000000304. The number of aromatic nitrogens is 1. The van der Waals surface area contributed by atoms with Crippen LogP contribution in [0.5, 0.6) is 0 Å². The second kappa shape index (κ2) is 9.63. The fourth-order valence-electron chi connectivity index (χ4n) is 1.11. The molecule has 0 spiro atoms. The summed E-state index contributed by atoms with van der Waals surface area (Å²) >= 11 is 0. The monoisotopic (exact) mass is 237 g/mol. The number of rotatable bonds is 5. The average molecular weight is 237 g/mol. The second-order valence-electron chi connectivity index (χ2n) is 4.17. The summed E-state index contributed by atoms with van der Waals surface area (Å²) < 4.78 is 0. The van der Waals surface area contributed by atoms with Crippen LogP contribution in [-0.4, -0.2) is 25.0 Å². The van der Waals surface area contributed by atoms with Crippen LogP contribution < -0.4 is 10.6 Å². The molecule has 1 aromatic heterocycles. The first kappa shape index (κ1) is 15.4. The number of pyridine rings is 1. The van der Waals surface area contributed by atoms with Crippen LogP contribution in [0.1, 0.15) is 26.0 Å². The minimum Gasteiger partial charge on any atom is -0.373 e. The third-order valence-corrected chi connectivity index (χ3v) is 2.09. The number of carbonyl (C=O) groups is 1. The van der Waals surface area contributed by atoms with E-state index in [1.54, 1.807) is 0 Å². The zero-order valence-corrected chi connectivity index (χ0v) is 11.2. The highest BCUT2D eigenvalue weighted by molar-refractivity contribution is 5.45. The van der Waals surface area contributed by atoms with Gasteiger partial charge >= 0.3 is 0 Å². The number of carbonyl (C=O) groups excluding carboxylic acids is 1. The van der Waals surface area contributed by atoms with E-state index < -0.39 is 0 Å². The van der Waals surface area contributed by atoms with Crippen LogP contribution in [0.15, 0.2) is 18.2 Å². The van der Waals surface area contributed by atoms with E-state index in [-0.39, 0.29) is 0 Å². The average Bonchev–Trinajstić information content (AvgIpc) is 2.30. The molecule has 0 atom stereocenters. The number of aryl methyl sites for hydroxylation is 1. The van der Waals surface area contributed by atoms with E-state index >= 15 is 0 Å². The molecule has 1 rings (SSSR count). The first-order valence-electron chi connectivity index (χ1n) is 5.88. The lowest BCUT2D eigenvalue weighted by atomic mass is 10.1. The van der Waals surface area contributed by atoms with Gasteiger partial charge in [-0.05, 0) is 31.4 Å². The molecule has 96 valence electrons. The van der Waals surface area contributed by atoms with E-state index in [0.29, 0.717) is 5.92 Å². The van der Waals surface area contributed by atoms with Crippen LogP contribution >= 0.6 is 0 Å². The third kappa shape index (κ3) is 9.35. The summed E-state index contributed by atoms with van der Waals surface area (Å²) in [6.45, 7) is 7.04. The summed E-state index contributed by atoms with van der Waals surface area (Å²) in [6.07, 6.45) is 1.81. The summed E-state index contributed by atoms with van der Waals surface area (Å²) in [7, 11) is 1.86. The Bertz CT molecular complexity index is 313. The number of anilines is 1. The molecule has 0 saturated heterocycles. The lowest BCUT2D eigenvalue weighted by Crippen LogP contribution is -2.13. The SMILES string of the molecule is CC(C)CCNC=O.CNc1cccc(C)n1. The van der Waals surface area contributed by atoms with Crippen molar-refractivity contribution < 1.29 is 4.79 Å². The van der Waals surface area contributed by atoms with Crippen LogP contribution in [0.3, 0.4) is 0 Å². The molecule has 1 amide bonds. The van der Waals surface area contributed by atoms with Crippen LogP contribution in [0.25, 0.3) is 0 Å². The van der Waals surface area contributed by atoms with Gasteiger partial charge in [-0.15, -0.1) is 0 Å². The highest BCUT2D eigenvalue weighted by atomic mass is 16.1. The molecule has 0 fully saturated rings. The first-order chi connectivity index (χ1) is 8.10. The van der Waals surface area contributed by atoms with Crippen LogP contribution in [-0.2, 0) is 4.79 Å². The van der Waals surface area contributed by atoms with Crippen LogP contribution in [0.2, 0.25) is 0 Å². The van der Waals surface area contributed by atoms with Crippen molar-refractivity contribution in [3.05, 3.63) is 23.9 Å². The number of hydrogen-bond acceptors (Lipinski definition) is 3. The predicted octanol–water partition coefficient (Wildman–Crippen LogP) is 2.21. The lowest BCUT2D eigenvalue weighted by Gasteiger charge is -2.00. The van der Waals surface area contributed by atoms with Crippen molar-refractivity contribution in [3.8, 4) is 0 Å². The molecule has 4 heteroatoms. The van der Waals surface area contributed by atoms with E-state index in [2.05, 4.69) is 29.5 Å². The van der Waals surface area contributed by atoms with Gasteiger partial charge in [0.15, 0.2) is 0 Å². The Labute approximate surface area is 104 Å². The molecule has 0 saturated carbocycles. The summed E-state index contributed by atoms with van der Waals surface area (Å²) in [6, 6.07) is 5.89. The fourth-order valence-corrected chi connectivity index (χ4v) is 1.11. The molecular formula is C13H23N3O. The van der Waals surface area contributed by atoms with Crippen LogP contribution in [0, 0.1) is 12.8 Å². The van der Waals surface area contributed by atoms with Gasteiger partial charge in [-0.1, -0.05) is 19.9 Å². The lowest BCUT2D eigenvalue weighted by molar-refractivity contribution is -0.109. The highest BCUT2D eigenvalue weighted by Crippen LogP contribution is 2.00. The molecule has 0 aliphatic carbocycles. The van der Waals surface area contributed by atoms with Crippen LogP contribution in [0.4, 0.5) is 5.82 Å². The van der Waals surface area contributed by atoms with Crippen molar-refractivity contribution >= 4 is 12.2 Å². The molecule has 0 unspecified atom stereocenters. The molecular weight excluding hydrogens is 214 g/mol. The van der Waals surface area contributed by atoms with Crippen molar-refractivity contribution in [2.75, 3.05) is 18.9 Å². The number of nitrogens with zero attached hydrogens (tertiary/aromatic N) is 1. The van der Waals surface area contributed by atoms with E-state index in [1.807, 2.05) is 32.2 Å². The number of nitrogens with one attached hydrogen (secondary N) is 2. The molecule has 0 aromatic carbocycles. The molecule has 17 heavy (non-hydrogen) atoms. The van der Waals surface area contributed by atoms with Gasteiger partial charge in [-0.3, -0.25) is 4.79 Å². The quantitative estimate of drug-likeness (QED) is 0.610. The number of amides is 1. The molecule has 0 aliphatic rings. The van der Waals surface area contributed by atoms with Gasteiger partial charge in [-0.25, -0.2) is 4.98 Å². The van der Waals surface area contributed by atoms with Crippen molar-refractivity contribution in [1.82, 2.24) is 10.3 Å². The highest BCUT2D eigenvalue weighted by Gasteiger charge is 1.89. The Hall–Kier alpha value is -1.58. The topological polar surface area (TPSA) is 54.0 Å². The summed E-state index contributed by atoms with van der Waals surface area (Å²) in [4.78, 5) is 13.9. The third-order valence-electron chi connectivity index (χ3n) is 2.09. The minimum atomic E-state index is 0.683. The Morgan fingerprint density at radius 2 is 2.12 bits per heavy atom. The van der Waals surface area contributed by atoms with Gasteiger partial charge in [0.1, 0.15) is 5.82 Å². The normalized spacial score (nSPS) is 9.24. The Morgan fingerprint density at radius 1 is 1.41 bits per heavy atom. The molecule has 1 heterocycles. The smallest absolute Gasteiger partial charge is 0.207 e. The van der Waals surface area contributed by atoms with Gasteiger partial charge in [0.2, 0.25) is 6.41 Å². The van der Waals surface area contributed by atoms with Crippen molar-refractivity contribution in [2.24, 2.45) is 5.92 Å². The summed E-state index contributed by atoms with van der Waals surface area (Å²) in [5.41, 5.74) is 1.04. The van der Waals surface area contributed by atoms with Crippen molar-refractivity contribution in [1.29, 1.82) is 0 Å². The molecule has 1 aromatic rings. The summed E-state index contributed by atoms with van der Waals surface area (Å²) in [5, 5.41) is 5.56. The van der Waals surface area contributed by atoms with Gasteiger partial charge in [0.05, 0.1) is 0 Å². The fraction of sp³-hybridized carbons (Fsp3) is 0.538. The zero-order chi connectivity index (χ0) is 13.1. The van der Waals surface area contributed by atoms with E-state index in [4.69, 9.17) is 0 Å². The molecule has 0 radical (unpaired) electrons. The van der Waals surface area contributed by atoms with Gasteiger partial charge in [0, 0.05) is 19.3 Å². The summed E-state index contributed by atoms with van der Waals surface area (Å²) in [5.74, 6) is 1.61. The van der Waals surface area contributed by atoms with Crippen molar-refractivity contribution in [2.45, 2.75) is 27.2 Å². The maximum Gasteiger partial charge on any atom is 0.207 e. The maximum absolute atomic E-state index is 9.68. The van der Waals surface area contributed by atoms with E-state index in [9.17, 15) is 4.79 Å². The Kier molecular flexibility index (Phi) is 8.74. The van der Waals surface area contributed by atoms with Gasteiger partial charge in [-0.2, -0.15) is 0 Å². The standard InChI is InChI=1S/C7H10N2.C6H13NO/c1-6-4-3-5-7(8-2)9-6;1-6(2)3-4-7-5-8/h3-5H,1-2H3,(H,8,9);5-6H,3-4H2,1-2H3,(H,7,8). The largest absolute Gasteiger partial charge is 0.373 e. The zero-order valence-electron chi connectivity index (χ0n) is 11.2. The molecule has 0 aliphatic heterocycles. The maximum atomic E-state index is 9.68. The van der Waals surface area contributed by atoms with Gasteiger partial charge < -0.3 is 10.6 Å². The van der Waals surface area contributed by atoms with E-state index in [1.165, 1.54) is 0 Å².